The zero-order valence-electron chi connectivity index (χ0n) is 14.5. The molecule has 2 N–H and O–H groups in total. The summed E-state index contributed by atoms with van der Waals surface area (Å²) in [5.74, 6) is 0.280. The van der Waals surface area contributed by atoms with Crippen LogP contribution < -0.4 is 5.32 Å². The Morgan fingerprint density at radius 3 is 2.57 bits per heavy atom. The molecule has 1 aliphatic carbocycles. The maximum Gasteiger partial charge on any atom is 0.407 e. The molecule has 0 aromatic rings. The third-order valence-corrected chi connectivity index (χ3v) is 4.65. The molecule has 132 valence electrons. The molecule has 0 aromatic heterocycles. The topological polar surface area (TPSA) is 78.9 Å². The van der Waals surface area contributed by atoms with E-state index in [0.717, 1.165) is 38.6 Å². The van der Waals surface area contributed by atoms with E-state index in [9.17, 15) is 14.7 Å². The molecular weight excluding hydrogens is 296 g/mol. The summed E-state index contributed by atoms with van der Waals surface area (Å²) in [6.07, 6.45) is 4.40. The molecule has 3 atom stereocenters. The number of amides is 2. The van der Waals surface area contributed by atoms with Crippen molar-refractivity contribution in [2.24, 2.45) is 5.92 Å². The fraction of sp³-hybridized carbons (Fsp3) is 0.882. The standard InChI is InChI=1S/C17H30N2O4/c1-17(2,3)23-16(22)18-10-9-15(21)19-11-5-7-13(19)12-6-4-8-14(12)20/h12-14,20H,4-11H2,1-3H3,(H,18,22)/t12-,13-,14-/m1/s1. The first kappa shape index (κ1) is 18.0. The second kappa shape index (κ2) is 7.51. The van der Waals surface area contributed by atoms with Crippen molar-refractivity contribution >= 4 is 12.0 Å². The van der Waals surface area contributed by atoms with Gasteiger partial charge in [-0.05, 0) is 46.5 Å². The molecule has 6 heteroatoms. The number of aliphatic hydroxyl groups is 1. The van der Waals surface area contributed by atoms with E-state index in [1.54, 1.807) is 20.8 Å². The van der Waals surface area contributed by atoms with Gasteiger partial charge >= 0.3 is 6.09 Å². The van der Waals surface area contributed by atoms with Crippen LogP contribution in [0.5, 0.6) is 0 Å². The van der Waals surface area contributed by atoms with Crippen LogP contribution in [-0.2, 0) is 9.53 Å². The predicted octanol–water partition coefficient (Wildman–Crippen LogP) is 2.05. The van der Waals surface area contributed by atoms with Crippen molar-refractivity contribution in [2.45, 2.75) is 77.0 Å². The van der Waals surface area contributed by atoms with Gasteiger partial charge in [0.2, 0.25) is 5.91 Å². The SMILES string of the molecule is CC(C)(C)OC(=O)NCCC(=O)N1CCC[C@@H]1[C@H]1CCC[C@H]1O. The summed E-state index contributed by atoms with van der Waals surface area (Å²) >= 11 is 0. The van der Waals surface area contributed by atoms with Crippen LogP contribution in [0.3, 0.4) is 0 Å². The van der Waals surface area contributed by atoms with Crippen LogP contribution in [0.2, 0.25) is 0 Å². The van der Waals surface area contributed by atoms with E-state index in [4.69, 9.17) is 4.74 Å². The van der Waals surface area contributed by atoms with Crippen LogP contribution in [0.1, 0.15) is 59.3 Å². The van der Waals surface area contributed by atoms with Crippen molar-refractivity contribution in [1.29, 1.82) is 0 Å². The number of ether oxygens (including phenoxy) is 1. The van der Waals surface area contributed by atoms with Gasteiger partial charge < -0.3 is 20.1 Å². The second-order valence-corrected chi connectivity index (χ2v) is 7.64. The highest BCUT2D eigenvalue weighted by atomic mass is 16.6. The Morgan fingerprint density at radius 1 is 1.22 bits per heavy atom. The second-order valence-electron chi connectivity index (χ2n) is 7.64. The molecule has 0 aromatic carbocycles. The molecular formula is C17H30N2O4. The van der Waals surface area contributed by atoms with Gasteiger partial charge in [-0.15, -0.1) is 0 Å². The maximum atomic E-state index is 12.4. The molecule has 2 rings (SSSR count). The molecule has 2 amide bonds. The van der Waals surface area contributed by atoms with Gasteiger partial charge in [-0.25, -0.2) is 4.79 Å². The van der Waals surface area contributed by atoms with Gasteiger partial charge in [0.1, 0.15) is 5.60 Å². The zero-order chi connectivity index (χ0) is 17.0. The number of nitrogens with zero attached hydrogens (tertiary/aromatic N) is 1. The quantitative estimate of drug-likeness (QED) is 0.829. The molecule has 2 aliphatic rings. The van der Waals surface area contributed by atoms with E-state index in [0.29, 0.717) is 0 Å². The Labute approximate surface area is 138 Å². The molecule has 6 nitrogen and oxygen atoms in total. The molecule has 1 saturated heterocycles. The van der Waals surface area contributed by atoms with Crippen LogP contribution in [-0.4, -0.2) is 52.8 Å². The van der Waals surface area contributed by atoms with Crippen LogP contribution in [0.25, 0.3) is 0 Å². The monoisotopic (exact) mass is 326 g/mol. The fourth-order valence-corrected chi connectivity index (χ4v) is 3.69. The fourth-order valence-electron chi connectivity index (χ4n) is 3.69. The van der Waals surface area contributed by atoms with E-state index >= 15 is 0 Å². The number of hydrogen-bond donors (Lipinski definition) is 2. The number of hydrogen-bond acceptors (Lipinski definition) is 4. The van der Waals surface area contributed by atoms with E-state index in [1.165, 1.54) is 0 Å². The minimum atomic E-state index is -0.535. The average molecular weight is 326 g/mol. The lowest BCUT2D eigenvalue weighted by molar-refractivity contribution is -0.133. The number of carbonyl (C=O) groups excluding carboxylic acids is 2. The van der Waals surface area contributed by atoms with Gasteiger partial charge in [-0.3, -0.25) is 4.79 Å². The number of alkyl carbamates (subject to hydrolysis) is 1. The number of carbonyl (C=O) groups is 2. The van der Waals surface area contributed by atoms with Crippen LogP contribution >= 0.6 is 0 Å². The van der Waals surface area contributed by atoms with E-state index in [-0.39, 0.29) is 36.9 Å². The molecule has 1 aliphatic heterocycles. The molecule has 2 fully saturated rings. The number of rotatable bonds is 4. The van der Waals surface area contributed by atoms with E-state index < -0.39 is 11.7 Å². The van der Waals surface area contributed by atoms with Gasteiger partial charge in [0, 0.05) is 31.5 Å². The smallest absolute Gasteiger partial charge is 0.407 e. The van der Waals surface area contributed by atoms with Gasteiger partial charge in [-0.2, -0.15) is 0 Å². The molecule has 23 heavy (non-hydrogen) atoms. The lowest BCUT2D eigenvalue weighted by atomic mass is 9.94. The molecule has 0 bridgehead atoms. The first-order chi connectivity index (χ1) is 10.8. The Bertz CT molecular complexity index is 433. The van der Waals surface area contributed by atoms with Crippen molar-refractivity contribution in [1.82, 2.24) is 10.2 Å². The van der Waals surface area contributed by atoms with Crippen LogP contribution in [0.4, 0.5) is 4.79 Å². The van der Waals surface area contributed by atoms with Crippen molar-refractivity contribution in [3.63, 3.8) is 0 Å². The van der Waals surface area contributed by atoms with Crippen LogP contribution in [0, 0.1) is 5.92 Å². The lowest BCUT2D eigenvalue weighted by Crippen LogP contribution is -2.43. The first-order valence-corrected chi connectivity index (χ1v) is 8.72. The minimum absolute atomic E-state index is 0.0580. The van der Waals surface area contributed by atoms with E-state index in [1.807, 2.05) is 4.90 Å². The Hall–Kier alpha value is -1.30. The van der Waals surface area contributed by atoms with Crippen molar-refractivity contribution < 1.29 is 19.4 Å². The molecule has 0 unspecified atom stereocenters. The highest BCUT2D eigenvalue weighted by molar-refractivity contribution is 5.78. The van der Waals surface area contributed by atoms with Gasteiger partial charge in [-0.1, -0.05) is 6.42 Å². The number of aliphatic hydroxyl groups excluding tert-OH is 1. The zero-order valence-corrected chi connectivity index (χ0v) is 14.5. The normalized spacial score (nSPS) is 28.0. The molecule has 1 heterocycles. The summed E-state index contributed by atoms with van der Waals surface area (Å²) in [6.45, 7) is 6.46. The maximum absolute atomic E-state index is 12.4. The molecule has 0 spiro atoms. The highest BCUT2D eigenvalue weighted by Gasteiger charge is 2.39. The Morgan fingerprint density at radius 2 is 1.96 bits per heavy atom. The minimum Gasteiger partial charge on any atom is -0.444 e. The predicted molar refractivity (Wildman–Crippen MR) is 86.9 cm³/mol. The summed E-state index contributed by atoms with van der Waals surface area (Å²) in [5.41, 5.74) is -0.535. The first-order valence-electron chi connectivity index (χ1n) is 8.72. The van der Waals surface area contributed by atoms with Gasteiger partial charge in [0.25, 0.3) is 0 Å². The van der Waals surface area contributed by atoms with Crippen molar-refractivity contribution in [3.8, 4) is 0 Å². The van der Waals surface area contributed by atoms with Gasteiger partial charge in [0.15, 0.2) is 0 Å². The summed E-state index contributed by atoms with van der Waals surface area (Å²) < 4.78 is 5.15. The Balaban J connectivity index is 1.77. The van der Waals surface area contributed by atoms with E-state index in [2.05, 4.69) is 5.32 Å². The Kier molecular flexibility index (Phi) is 5.89. The summed E-state index contributed by atoms with van der Waals surface area (Å²) in [7, 11) is 0. The number of nitrogens with one attached hydrogen (secondary N) is 1. The van der Waals surface area contributed by atoms with Crippen LogP contribution in [0.15, 0.2) is 0 Å². The number of likely N-dealkylation sites (tertiary alicyclic amines) is 1. The molecule has 0 radical (unpaired) electrons. The average Bonchev–Trinajstić information content (AvgIpc) is 3.04. The van der Waals surface area contributed by atoms with Gasteiger partial charge in [0.05, 0.1) is 6.10 Å². The largest absolute Gasteiger partial charge is 0.444 e. The lowest BCUT2D eigenvalue weighted by Gasteiger charge is -2.31. The highest BCUT2D eigenvalue weighted by Crippen LogP contribution is 2.35. The van der Waals surface area contributed by atoms with Crippen molar-refractivity contribution in [2.75, 3.05) is 13.1 Å². The molecule has 1 saturated carbocycles. The third-order valence-electron chi connectivity index (χ3n) is 4.65. The van der Waals surface area contributed by atoms with Crippen molar-refractivity contribution in [3.05, 3.63) is 0 Å². The summed E-state index contributed by atoms with van der Waals surface area (Å²) in [6, 6.07) is 0.168. The summed E-state index contributed by atoms with van der Waals surface area (Å²) in [4.78, 5) is 25.9. The third kappa shape index (κ3) is 5.09. The summed E-state index contributed by atoms with van der Waals surface area (Å²) in [5, 5.41) is 12.7.